The second-order valence-corrected chi connectivity index (χ2v) is 7.05. The SMILES string of the molecule is CN(C)S(=O)(=O)Nc1ccc(Nc2ccc(C(F)(F)F)cc2)cc1. The molecule has 0 heterocycles. The summed E-state index contributed by atoms with van der Waals surface area (Å²) in [6.07, 6.45) is -4.37. The molecule has 0 saturated heterocycles. The van der Waals surface area contributed by atoms with Gasteiger partial charge in [0.2, 0.25) is 0 Å². The van der Waals surface area contributed by atoms with E-state index in [0.717, 1.165) is 16.4 Å². The van der Waals surface area contributed by atoms with E-state index in [4.69, 9.17) is 0 Å². The quantitative estimate of drug-likeness (QED) is 0.856. The highest BCUT2D eigenvalue weighted by atomic mass is 32.2. The fraction of sp³-hybridized carbons (Fsp3) is 0.200. The predicted molar refractivity (Wildman–Crippen MR) is 87.4 cm³/mol. The number of hydrogen-bond donors (Lipinski definition) is 2. The van der Waals surface area contributed by atoms with Gasteiger partial charge in [0.05, 0.1) is 5.56 Å². The maximum atomic E-state index is 12.5. The Morgan fingerprint density at radius 1 is 0.833 bits per heavy atom. The highest BCUT2D eigenvalue weighted by Gasteiger charge is 2.29. The van der Waals surface area contributed by atoms with Crippen LogP contribution in [0.15, 0.2) is 48.5 Å². The van der Waals surface area contributed by atoms with Gasteiger partial charge in [-0.2, -0.15) is 25.9 Å². The van der Waals surface area contributed by atoms with Crippen molar-refractivity contribution in [3.8, 4) is 0 Å². The van der Waals surface area contributed by atoms with E-state index in [1.807, 2.05) is 0 Å². The fourth-order valence-corrected chi connectivity index (χ4v) is 2.39. The fourth-order valence-electron chi connectivity index (χ4n) is 1.77. The Labute approximate surface area is 138 Å². The third-order valence-electron chi connectivity index (χ3n) is 3.11. The first-order valence-corrected chi connectivity index (χ1v) is 8.26. The van der Waals surface area contributed by atoms with Crippen LogP contribution in [0.3, 0.4) is 0 Å². The molecule has 0 saturated carbocycles. The van der Waals surface area contributed by atoms with E-state index in [0.29, 0.717) is 17.1 Å². The number of benzene rings is 2. The Hall–Kier alpha value is -2.26. The van der Waals surface area contributed by atoms with Crippen molar-refractivity contribution in [2.75, 3.05) is 24.1 Å². The zero-order chi connectivity index (χ0) is 18.0. The zero-order valence-electron chi connectivity index (χ0n) is 12.9. The smallest absolute Gasteiger partial charge is 0.356 e. The Morgan fingerprint density at radius 2 is 1.25 bits per heavy atom. The second-order valence-electron chi connectivity index (χ2n) is 5.17. The highest BCUT2D eigenvalue weighted by Crippen LogP contribution is 2.30. The van der Waals surface area contributed by atoms with Crippen LogP contribution in [0, 0.1) is 0 Å². The van der Waals surface area contributed by atoms with Crippen LogP contribution in [0.2, 0.25) is 0 Å². The lowest BCUT2D eigenvalue weighted by Crippen LogP contribution is -2.28. The van der Waals surface area contributed by atoms with Gasteiger partial charge in [0.15, 0.2) is 0 Å². The van der Waals surface area contributed by atoms with Crippen LogP contribution < -0.4 is 10.0 Å². The van der Waals surface area contributed by atoms with Crippen LogP contribution in [0.1, 0.15) is 5.56 Å². The van der Waals surface area contributed by atoms with E-state index in [2.05, 4.69) is 10.0 Å². The van der Waals surface area contributed by atoms with Gasteiger partial charge in [0.1, 0.15) is 0 Å². The molecule has 130 valence electrons. The van der Waals surface area contributed by atoms with Crippen molar-refractivity contribution in [1.29, 1.82) is 0 Å². The molecule has 0 aromatic heterocycles. The second kappa shape index (κ2) is 6.70. The first-order chi connectivity index (χ1) is 11.1. The number of halogens is 3. The van der Waals surface area contributed by atoms with Crippen molar-refractivity contribution in [3.05, 3.63) is 54.1 Å². The van der Waals surface area contributed by atoms with Gasteiger partial charge < -0.3 is 5.32 Å². The molecule has 0 aliphatic rings. The van der Waals surface area contributed by atoms with Crippen molar-refractivity contribution in [3.63, 3.8) is 0 Å². The molecule has 0 bridgehead atoms. The molecule has 0 radical (unpaired) electrons. The average molecular weight is 359 g/mol. The minimum absolute atomic E-state index is 0.377. The van der Waals surface area contributed by atoms with Gasteiger partial charge in [0.25, 0.3) is 0 Å². The molecular formula is C15H16F3N3O2S. The molecule has 9 heteroatoms. The van der Waals surface area contributed by atoms with Gasteiger partial charge >= 0.3 is 16.4 Å². The van der Waals surface area contributed by atoms with Crippen LogP contribution in [0.4, 0.5) is 30.2 Å². The number of nitrogens with one attached hydrogen (secondary N) is 2. The summed E-state index contributed by atoms with van der Waals surface area (Å²) < 4.78 is 64.3. The summed E-state index contributed by atoms with van der Waals surface area (Å²) in [5.41, 5.74) is 0.760. The van der Waals surface area contributed by atoms with Crippen molar-refractivity contribution in [2.45, 2.75) is 6.18 Å². The average Bonchev–Trinajstić information content (AvgIpc) is 2.48. The lowest BCUT2D eigenvalue weighted by Gasteiger charge is -2.14. The summed E-state index contributed by atoms with van der Waals surface area (Å²) in [5, 5.41) is 2.94. The van der Waals surface area contributed by atoms with Gasteiger partial charge in [-0.05, 0) is 48.5 Å². The molecule has 5 nitrogen and oxygen atoms in total. The minimum Gasteiger partial charge on any atom is -0.356 e. The normalized spacial score (nSPS) is 12.2. The number of anilines is 3. The molecule has 0 aliphatic heterocycles. The summed E-state index contributed by atoms with van der Waals surface area (Å²) in [7, 11) is -0.774. The van der Waals surface area contributed by atoms with Crippen molar-refractivity contribution >= 4 is 27.3 Å². The van der Waals surface area contributed by atoms with Crippen molar-refractivity contribution in [1.82, 2.24) is 4.31 Å². The van der Waals surface area contributed by atoms with Crippen molar-refractivity contribution in [2.24, 2.45) is 0 Å². The van der Waals surface area contributed by atoms with Gasteiger partial charge in [-0.1, -0.05) is 0 Å². The molecule has 2 aromatic rings. The number of nitrogens with zero attached hydrogens (tertiary/aromatic N) is 1. The largest absolute Gasteiger partial charge is 0.416 e. The maximum Gasteiger partial charge on any atom is 0.416 e. The molecule has 0 fully saturated rings. The molecule has 0 aliphatic carbocycles. The summed E-state index contributed by atoms with van der Waals surface area (Å²) in [4.78, 5) is 0. The summed E-state index contributed by atoms with van der Waals surface area (Å²) in [6.45, 7) is 0. The third kappa shape index (κ3) is 4.62. The first kappa shape index (κ1) is 18.1. The Balaban J connectivity index is 2.07. The van der Waals surface area contributed by atoms with Crippen LogP contribution in [-0.2, 0) is 16.4 Å². The van der Waals surface area contributed by atoms with Gasteiger partial charge in [-0.25, -0.2) is 0 Å². The Bertz CT molecular complexity index is 786. The topological polar surface area (TPSA) is 61.4 Å². The first-order valence-electron chi connectivity index (χ1n) is 6.82. The summed E-state index contributed by atoms with van der Waals surface area (Å²) in [5.74, 6) is 0. The molecule has 2 N–H and O–H groups in total. The standard InChI is InChI=1S/C15H16F3N3O2S/c1-21(2)24(22,23)20-14-9-7-13(8-10-14)19-12-5-3-11(4-6-12)15(16,17)18/h3-10,19-20H,1-2H3. The predicted octanol–water partition coefficient (Wildman–Crippen LogP) is 3.67. The Kier molecular flexibility index (Phi) is 5.05. The highest BCUT2D eigenvalue weighted by molar-refractivity contribution is 7.90. The van der Waals surface area contributed by atoms with Crippen molar-refractivity contribution < 1.29 is 21.6 Å². The van der Waals surface area contributed by atoms with Gasteiger partial charge in [-0.15, -0.1) is 0 Å². The zero-order valence-corrected chi connectivity index (χ0v) is 13.7. The van der Waals surface area contributed by atoms with E-state index >= 15 is 0 Å². The molecule has 0 atom stereocenters. The van der Waals surface area contributed by atoms with Crippen LogP contribution in [0.5, 0.6) is 0 Å². The molecule has 0 amide bonds. The Morgan fingerprint density at radius 3 is 1.67 bits per heavy atom. The number of alkyl halides is 3. The molecule has 0 spiro atoms. The van der Waals surface area contributed by atoms with Crippen LogP contribution in [-0.4, -0.2) is 26.8 Å². The molecule has 0 unspecified atom stereocenters. The number of hydrogen-bond acceptors (Lipinski definition) is 3. The molecule has 24 heavy (non-hydrogen) atoms. The molecular weight excluding hydrogens is 343 g/mol. The van der Waals surface area contributed by atoms with E-state index in [-0.39, 0.29) is 0 Å². The third-order valence-corrected chi connectivity index (χ3v) is 4.57. The van der Waals surface area contributed by atoms with Crippen LogP contribution in [0.25, 0.3) is 0 Å². The lowest BCUT2D eigenvalue weighted by atomic mass is 10.2. The van der Waals surface area contributed by atoms with E-state index < -0.39 is 21.9 Å². The maximum absolute atomic E-state index is 12.5. The summed E-state index contributed by atoms with van der Waals surface area (Å²) >= 11 is 0. The summed E-state index contributed by atoms with van der Waals surface area (Å²) in [6, 6.07) is 11.0. The van der Waals surface area contributed by atoms with Gasteiger partial charge in [0, 0.05) is 31.2 Å². The van der Waals surface area contributed by atoms with E-state index in [9.17, 15) is 21.6 Å². The minimum atomic E-state index is -4.37. The lowest BCUT2D eigenvalue weighted by molar-refractivity contribution is -0.137. The monoisotopic (exact) mass is 359 g/mol. The van der Waals surface area contributed by atoms with Crippen LogP contribution >= 0.6 is 0 Å². The van der Waals surface area contributed by atoms with E-state index in [1.165, 1.54) is 26.2 Å². The molecule has 2 aromatic carbocycles. The van der Waals surface area contributed by atoms with E-state index in [1.54, 1.807) is 24.3 Å². The number of rotatable bonds is 5. The molecule has 2 rings (SSSR count). The van der Waals surface area contributed by atoms with Gasteiger partial charge in [-0.3, -0.25) is 4.72 Å².